The molecule has 1 atom stereocenters. The van der Waals surface area contributed by atoms with Gasteiger partial charge in [0.15, 0.2) is 0 Å². The normalized spacial score (nSPS) is 12.2. The molecule has 0 N–H and O–H groups in total. The fraction of sp³-hybridized carbons (Fsp3) is 0.417. The smallest absolute Gasteiger partial charge is 0.244 e. The lowest BCUT2D eigenvalue weighted by molar-refractivity contribution is -0.128. The number of hydrogen-bond acceptors (Lipinski definition) is 2. The van der Waals surface area contributed by atoms with Crippen LogP contribution in [0.25, 0.3) is 0 Å². The zero-order valence-corrected chi connectivity index (χ0v) is 10.5. The molecule has 1 aromatic rings. The largest absolute Gasteiger partial charge is 0.380 e. The topological polar surface area (TPSA) is 29.5 Å². The molecule has 0 radical (unpaired) electrons. The monoisotopic (exact) mass is 241 g/mol. The maximum absolute atomic E-state index is 11.7. The predicted octanol–water partition coefficient (Wildman–Crippen LogP) is 2.20. The standard InChI is InChI=1S/C12H16ClNO2/c1-14(2)12(15)11(13)10-6-4-5-9(7-10)8-16-3/h4-7,11H,8H2,1-3H3. The van der Waals surface area contributed by atoms with Gasteiger partial charge in [0, 0.05) is 21.2 Å². The quantitative estimate of drug-likeness (QED) is 0.757. The number of nitrogens with zero attached hydrogens (tertiary/aromatic N) is 1. The molecule has 1 rings (SSSR count). The summed E-state index contributed by atoms with van der Waals surface area (Å²) in [5, 5.41) is -0.633. The van der Waals surface area contributed by atoms with E-state index in [-0.39, 0.29) is 5.91 Å². The zero-order chi connectivity index (χ0) is 12.1. The Morgan fingerprint density at radius 3 is 2.75 bits per heavy atom. The number of halogens is 1. The molecule has 0 saturated carbocycles. The SMILES string of the molecule is COCc1cccc(C(Cl)C(=O)N(C)C)c1. The fourth-order valence-corrected chi connectivity index (χ4v) is 1.71. The van der Waals surface area contributed by atoms with Crippen molar-refractivity contribution in [2.45, 2.75) is 12.0 Å². The van der Waals surface area contributed by atoms with Gasteiger partial charge >= 0.3 is 0 Å². The lowest BCUT2D eigenvalue weighted by atomic mass is 10.1. The fourth-order valence-electron chi connectivity index (χ4n) is 1.38. The summed E-state index contributed by atoms with van der Waals surface area (Å²) in [5.41, 5.74) is 1.81. The second-order valence-corrected chi connectivity index (χ2v) is 4.21. The van der Waals surface area contributed by atoms with Crippen molar-refractivity contribution in [3.05, 3.63) is 35.4 Å². The van der Waals surface area contributed by atoms with Crippen molar-refractivity contribution >= 4 is 17.5 Å². The summed E-state index contributed by atoms with van der Waals surface area (Å²) in [6, 6.07) is 7.56. The maximum Gasteiger partial charge on any atom is 0.244 e. The minimum atomic E-state index is -0.633. The molecule has 0 bridgehead atoms. The van der Waals surface area contributed by atoms with Gasteiger partial charge in [-0.3, -0.25) is 4.79 Å². The van der Waals surface area contributed by atoms with Crippen LogP contribution in [0.15, 0.2) is 24.3 Å². The van der Waals surface area contributed by atoms with E-state index in [0.717, 1.165) is 11.1 Å². The van der Waals surface area contributed by atoms with Crippen molar-refractivity contribution < 1.29 is 9.53 Å². The number of likely N-dealkylation sites (N-methyl/N-ethyl adjacent to an activating group) is 1. The first-order valence-electron chi connectivity index (χ1n) is 4.99. The van der Waals surface area contributed by atoms with Crippen molar-refractivity contribution in [2.75, 3.05) is 21.2 Å². The van der Waals surface area contributed by atoms with Gasteiger partial charge in [0.05, 0.1) is 6.61 Å². The van der Waals surface area contributed by atoms with Crippen LogP contribution in [0.5, 0.6) is 0 Å². The molecule has 4 heteroatoms. The number of benzene rings is 1. The van der Waals surface area contributed by atoms with Crippen LogP contribution in [0.3, 0.4) is 0 Å². The Morgan fingerprint density at radius 1 is 1.50 bits per heavy atom. The third-order valence-electron chi connectivity index (χ3n) is 2.21. The van der Waals surface area contributed by atoms with Crippen molar-refractivity contribution in [1.29, 1.82) is 0 Å². The summed E-state index contributed by atoms with van der Waals surface area (Å²) in [4.78, 5) is 13.2. The molecule has 0 saturated heterocycles. The Bertz CT molecular complexity index is 366. The Morgan fingerprint density at radius 2 is 2.19 bits per heavy atom. The number of carbonyl (C=O) groups is 1. The summed E-state index contributed by atoms with van der Waals surface area (Å²) in [5.74, 6) is -0.115. The van der Waals surface area contributed by atoms with E-state index < -0.39 is 5.38 Å². The Labute approximate surface area is 101 Å². The van der Waals surface area contributed by atoms with Gasteiger partial charge in [0.2, 0.25) is 5.91 Å². The van der Waals surface area contributed by atoms with E-state index in [1.165, 1.54) is 4.90 Å². The van der Waals surface area contributed by atoms with Crippen LogP contribution in [0, 0.1) is 0 Å². The van der Waals surface area contributed by atoms with E-state index in [2.05, 4.69) is 0 Å². The second-order valence-electron chi connectivity index (χ2n) is 3.77. The van der Waals surface area contributed by atoms with E-state index in [9.17, 15) is 4.79 Å². The van der Waals surface area contributed by atoms with E-state index in [1.54, 1.807) is 21.2 Å². The molecular formula is C12H16ClNO2. The molecule has 0 heterocycles. The Hall–Kier alpha value is -1.06. The highest BCUT2D eigenvalue weighted by Gasteiger charge is 2.19. The van der Waals surface area contributed by atoms with Crippen LogP contribution in [0.2, 0.25) is 0 Å². The number of methoxy groups -OCH3 is 1. The molecule has 0 aliphatic carbocycles. The van der Waals surface area contributed by atoms with Crippen molar-refractivity contribution in [3.8, 4) is 0 Å². The first kappa shape index (κ1) is 13.0. The molecule has 0 aliphatic heterocycles. The number of hydrogen-bond donors (Lipinski definition) is 0. The summed E-state index contributed by atoms with van der Waals surface area (Å²) in [6.07, 6.45) is 0. The van der Waals surface area contributed by atoms with Gasteiger partial charge in [-0.25, -0.2) is 0 Å². The molecule has 88 valence electrons. The van der Waals surface area contributed by atoms with E-state index in [0.29, 0.717) is 6.61 Å². The molecule has 1 amide bonds. The third-order valence-corrected chi connectivity index (χ3v) is 2.65. The van der Waals surface area contributed by atoms with Crippen LogP contribution in [-0.2, 0) is 16.1 Å². The molecule has 16 heavy (non-hydrogen) atoms. The summed E-state index contributed by atoms with van der Waals surface area (Å²) in [7, 11) is 5.02. The molecule has 1 aromatic carbocycles. The molecule has 0 spiro atoms. The molecule has 1 unspecified atom stereocenters. The minimum absolute atomic E-state index is 0.115. The predicted molar refractivity (Wildman–Crippen MR) is 64.4 cm³/mol. The average molecular weight is 242 g/mol. The van der Waals surface area contributed by atoms with E-state index >= 15 is 0 Å². The molecule has 0 aromatic heterocycles. The van der Waals surface area contributed by atoms with Crippen molar-refractivity contribution in [2.24, 2.45) is 0 Å². The van der Waals surface area contributed by atoms with Gasteiger partial charge < -0.3 is 9.64 Å². The van der Waals surface area contributed by atoms with E-state index in [4.69, 9.17) is 16.3 Å². The Kier molecular flexibility index (Phi) is 4.77. The number of carbonyl (C=O) groups excluding carboxylic acids is 1. The first-order valence-corrected chi connectivity index (χ1v) is 5.43. The van der Waals surface area contributed by atoms with Gasteiger partial charge in [-0.15, -0.1) is 11.6 Å². The summed E-state index contributed by atoms with van der Waals surface area (Å²) in [6.45, 7) is 0.521. The van der Waals surface area contributed by atoms with Gasteiger partial charge in [0.25, 0.3) is 0 Å². The molecule has 0 fully saturated rings. The highest BCUT2D eigenvalue weighted by atomic mass is 35.5. The van der Waals surface area contributed by atoms with Gasteiger partial charge in [0.1, 0.15) is 5.38 Å². The zero-order valence-electron chi connectivity index (χ0n) is 9.74. The second kappa shape index (κ2) is 5.87. The lowest BCUT2D eigenvalue weighted by Gasteiger charge is -2.15. The Balaban J connectivity index is 2.86. The summed E-state index contributed by atoms with van der Waals surface area (Å²) < 4.78 is 5.03. The lowest BCUT2D eigenvalue weighted by Crippen LogP contribution is -2.25. The minimum Gasteiger partial charge on any atom is -0.380 e. The van der Waals surface area contributed by atoms with Crippen LogP contribution < -0.4 is 0 Å². The molecule has 3 nitrogen and oxygen atoms in total. The number of rotatable bonds is 4. The molecular weight excluding hydrogens is 226 g/mol. The van der Waals surface area contributed by atoms with Gasteiger partial charge in [-0.2, -0.15) is 0 Å². The van der Waals surface area contributed by atoms with Crippen LogP contribution in [0.1, 0.15) is 16.5 Å². The highest BCUT2D eigenvalue weighted by Crippen LogP contribution is 2.23. The number of ether oxygens (including phenoxy) is 1. The maximum atomic E-state index is 11.7. The third kappa shape index (κ3) is 3.22. The van der Waals surface area contributed by atoms with Gasteiger partial charge in [-0.05, 0) is 11.1 Å². The van der Waals surface area contributed by atoms with Crippen LogP contribution >= 0.6 is 11.6 Å². The van der Waals surface area contributed by atoms with Crippen LogP contribution in [0.4, 0.5) is 0 Å². The van der Waals surface area contributed by atoms with Gasteiger partial charge in [-0.1, -0.05) is 24.3 Å². The molecule has 0 aliphatic rings. The first-order chi connectivity index (χ1) is 7.56. The highest BCUT2D eigenvalue weighted by molar-refractivity contribution is 6.30. The van der Waals surface area contributed by atoms with E-state index in [1.807, 2.05) is 24.3 Å². The van der Waals surface area contributed by atoms with Crippen molar-refractivity contribution in [1.82, 2.24) is 4.90 Å². The summed E-state index contributed by atoms with van der Waals surface area (Å²) >= 11 is 6.09. The average Bonchev–Trinajstić information content (AvgIpc) is 2.28. The van der Waals surface area contributed by atoms with Crippen molar-refractivity contribution in [3.63, 3.8) is 0 Å². The number of alkyl halides is 1. The number of amides is 1. The van der Waals surface area contributed by atoms with Crippen LogP contribution in [-0.4, -0.2) is 32.0 Å².